The second-order valence-electron chi connectivity index (χ2n) is 5.10. The third-order valence-electron chi connectivity index (χ3n) is 3.22. The van der Waals surface area contributed by atoms with E-state index < -0.39 is 0 Å². The Bertz CT molecular complexity index is 290. The Morgan fingerprint density at radius 2 is 1.95 bits per heavy atom. The van der Waals surface area contributed by atoms with E-state index in [9.17, 15) is 9.59 Å². The van der Waals surface area contributed by atoms with Gasteiger partial charge in [0.2, 0.25) is 6.29 Å². The first-order valence-corrected chi connectivity index (χ1v) is 6.56. The molecule has 0 aromatic heterocycles. The summed E-state index contributed by atoms with van der Waals surface area (Å²) in [4.78, 5) is 21.1. The molecule has 0 aromatic carbocycles. The van der Waals surface area contributed by atoms with Crippen molar-refractivity contribution in [3.05, 3.63) is 0 Å². The Hall–Kier alpha value is -0.940. The molecular formula is C15H30O5. The van der Waals surface area contributed by atoms with Gasteiger partial charge in [-0.2, -0.15) is 0 Å². The van der Waals surface area contributed by atoms with E-state index in [1.807, 2.05) is 20.8 Å². The quantitative estimate of drug-likeness (QED) is 0.729. The second-order valence-corrected chi connectivity index (χ2v) is 5.10. The molecular weight excluding hydrogens is 260 g/mol. The normalized spacial score (nSPS) is 23.8. The fourth-order valence-electron chi connectivity index (χ4n) is 1.79. The van der Waals surface area contributed by atoms with Crippen LogP contribution in [0, 0.1) is 11.8 Å². The number of esters is 1. The van der Waals surface area contributed by atoms with Crippen molar-refractivity contribution in [1.29, 1.82) is 0 Å². The number of methoxy groups -OCH3 is 2. The summed E-state index contributed by atoms with van der Waals surface area (Å²) in [6, 6.07) is 0. The summed E-state index contributed by atoms with van der Waals surface area (Å²) < 4.78 is 14.7. The lowest BCUT2D eigenvalue weighted by atomic mass is 10.0. The van der Waals surface area contributed by atoms with Gasteiger partial charge in [0.25, 0.3) is 0 Å². The zero-order chi connectivity index (χ0) is 15.0. The van der Waals surface area contributed by atoms with Crippen LogP contribution in [-0.4, -0.2) is 38.4 Å². The smallest absolute Gasteiger partial charge is 0.308 e. The third kappa shape index (κ3) is 8.27. The Kier molecular flexibility index (Phi) is 11.5. The molecule has 0 bridgehead atoms. The number of carbonyl (C=O) groups excluding carboxylic acids is 2. The third-order valence-corrected chi connectivity index (χ3v) is 3.22. The molecule has 1 aliphatic heterocycles. The molecule has 1 saturated heterocycles. The number of hydrogen-bond acceptors (Lipinski definition) is 5. The lowest BCUT2D eigenvalue weighted by molar-refractivity contribution is -0.160. The minimum atomic E-state index is -0.308. The number of rotatable bonds is 5. The van der Waals surface area contributed by atoms with Gasteiger partial charge in [-0.25, -0.2) is 0 Å². The molecule has 20 heavy (non-hydrogen) atoms. The van der Waals surface area contributed by atoms with Gasteiger partial charge in [0, 0.05) is 26.6 Å². The van der Waals surface area contributed by atoms with Gasteiger partial charge in [-0.05, 0) is 19.8 Å². The maximum absolute atomic E-state index is 10.6. The summed E-state index contributed by atoms with van der Waals surface area (Å²) in [5, 5.41) is 0. The molecule has 4 atom stereocenters. The highest BCUT2D eigenvalue weighted by Gasteiger charge is 2.30. The monoisotopic (exact) mass is 290 g/mol. The molecule has 0 amide bonds. The van der Waals surface area contributed by atoms with Crippen molar-refractivity contribution in [1.82, 2.24) is 0 Å². The van der Waals surface area contributed by atoms with Gasteiger partial charge in [0.05, 0.1) is 12.5 Å². The molecule has 0 saturated carbocycles. The lowest BCUT2D eigenvalue weighted by Crippen LogP contribution is -2.18. The molecule has 1 fully saturated rings. The summed E-state index contributed by atoms with van der Waals surface area (Å²) in [7, 11) is 3.21. The largest absolute Gasteiger partial charge is 0.435 e. The van der Waals surface area contributed by atoms with Crippen LogP contribution in [0.1, 0.15) is 48.0 Å². The van der Waals surface area contributed by atoms with Crippen LogP contribution in [0.5, 0.6) is 0 Å². The van der Waals surface area contributed by atoms with Crippen molar-refractivity contribution in [3.8, 4) is 0 Å². The predicted octanol–water partition coefficient (Wildman–Crippen LogP) is 2.81. The number of cyclic esters (lactones) is 1. The van der Waals surface area contributed by atoms with Crippen LogP contribution < -0.4 is 0 Å². The SMILES string of the molecule is C.COC(C)C(C)CC(C)=O.COC1OC(=O)CC1C. The van der Waals surface area contributed by atoms with Gasteiger partial charge in [0.1, 0.15) is 5.78 Å². The molecule has 0 N–H and O–H groups in total. The molecule has 0 radical (unpaired) electrons. The van der Waals surface area contributed by atoms with Crippen LogP contribution in [0.25, 0.3) is 0 Å². The molecule has 120 valence electrons. The molecule has 5 heteroatoms. The van der Waals surface area contributed by atoms with Crippen LogP contribution in [0.3, 0.4) is 0 Å². The Labute approximate surface area is 123 Å². The summed E-state index contributed by atoms with van der Waals surface area (Å²) in [5.41, 5.74) is 0. The van der Waals surface area contributed by atoms with Crippen LogP contribution >= 0.6 is 0 Å². The van der Waals surface area contributed by atoms with E-state index in [1.165, 1.54) is 0 Å². The summed E-state index contributed by atoms with van der Waals surface area (Å²) in [5.74, 6) is 0.621. The summed E-state index contributed by atoms with van der Waals surface area (Å²) in [6.45, 7) is 7.54. The van der Waals surface area contributed by atoms with Gasteiger partial charge in [-0.1, -0.05) is 21.3 Å². The summed E-state index contributed by atoms with van der Waals surface area (Å²) >= 11 is 0. The molecule has 1 rings (SSSR count). The highest BCUT2D eigenvalue weighted by Crippen LogP contribution is 2.21. The first-order chi connectivity index (χ1) is 8.81. The van der Waals surface area contributed by atoms with Gasteiger partial charge in [0.15, 0.2) is 0 Å². The summed E-state index contributed by atoms with van der Waals surface area (Å²) in [6.07, 6.45) is 0.981. The van der Waals surface area contributed by atoms with Gasteiger partial charge >= 0.3 is 5.97 Å². The molecule has 0 aliphatic carbocycles. The van der Waals surface area contributed by atoms with Gasteiger partial charge in [-0.3, -0.25) is 4.79 Å². The van der Waals surface area contributed by atoms with Gasteiger partial charge in [-0.15, -0.1) is 0 Å². The van der Waals surface area contributed by atoms with Crippen LogP contribution in [0.2, 0.25) is 0 Å². The minimum Gasteiger partial charge on any atom is -0.435 e. The molecule has 0 spiro atoms. The van der Waals surface area contributed by atoms with E-state index in [0.29, 0.717) is 18.8 Å². The number of ether oxygens (including phenoxy) is 3. The van der Waals surface area contributed by atoms with E-state index >= 15 is 0 Å². The van der Waals surface area contributed by atoms with Crippen LogP contribution in [0.4, 0.5) is 0 Å². The molecule has 4 unspecified atom stereocenters. The topological polar surface area (TPSA) is 61.8 Å². The number of ketones is 1. The van der Waals surface area contributed by atoms with Crippen molar-refractivity contribution in [3.63, 3.8) is 0 Å². The Morgan fingerprint density at radius 3 is 2.20 bits per heavy atom. The van der Waals surface area contributed by atoms with Crippen molar-refractivity contribution >= 4 is 11.8 Å². The number of carbonyl (C=O) groups is 2. The highest BCUT2D eigenvalue weighted by atomic mass is 16.7. The van der Waals surface area contributed by atoms with Crippen LogP contribution in [0.15, 0.2) is 0 Å². The fraction of sp³-hybridized carbons (Fsp3) is 0.867. The van der Waals surface area contributed by atoms with Crippen LogP contribution in [-0.2, 0) is 23.8 Å². The Morgan fingerprint density at radius 1 is 1.40 bits per heavy atom. The zero-order valence-corrected chi connectivity index (χ0v) is 12.8. The maximum Gasteiger partial charge on any atom is 0.308 e. The zero-order valence-electron chi connectivity index (χ0n) is 12.8. The number of hydrogen-bond donors (Lipinski definition) is 0. The van der Waals surface area contributed by atoms with Gasteiger partial charge < -0.3 is 19.0 Å². The van der Waals surface area contributed by atoms with E-state index in [-0.39, 0.29) is 37.5 Å². The molecule has 1 aliphatic rings. The first kappa shape index (κ1) is 21.4. The van der Waals surface area contributed by atoms with E-state index in [4.69, 9.17) is 14.2 Å². The average Bonchev–Trinajstić information content (AvgIpc) is 2.66. The number of Topliss-reactive ketones (excluding diaryl/α,β-unsaturated/α-hetero) is 1. The van der Waals surface area contributed by atoms with E-state index in [0.717, 1.165) is 0 Å². The van der Waals surface area contributed by atoms with E-state index in [2.05, 4.69) is 0 Å². The Balaban J connectivity index is 0. The fourth-order valence-corrected chi connectivity index (χ4v) is 1.79. The van der Waals surface area contributed by atoms with Crippen molar-refractivity contribution in [2.24, 2.45) is 11.8 Å². The maximum atomic E-state index is 10.6. The lowest BCUT2D eigenvalue weighted by Gasteiger charge is -2.16. The van der Waals surface area contributed by atoms with Crippen molar-refractivity contribution in [2.75, 3.05) is 14.2 Å². The van der Waals surface area contributed by atoms with Crippen molar-refractivity contribution < 1.29 is 23.8 Å². The van der Waals surface area contributed by atoms with E-state index in [1.54, 1.807) is 21.1 Å². The standard InChI is InChI=1S/C8H16O2.C6H10O3.CH4/c1-6(5-7(2)9)8(3)10-4;1-4-3-5(7)9-6(4)8-2;/h6,8H,5H2,1-4H3;4,6H,3H2,1-2H3;1H4. The molecule has 1 heterocycles. The first-order valence-electron chi connectivity index (χ1n) is 6.56. The second kappa shape index (κ2) is 10.8. The highest BCUT2D eigenvalue weighted by molar-refractivity contribution is 5.75. The van der Waals surface area contributed by atoms with Crippen molar-refractivity contribution in [2.45, 2.75) is 60.4 Å². The molecule has 5 nitrogen and oxygen atoms in total. The molecule has 0 aromatic rings. The minimum absolute atomic E-state index is 0. The average molecular weight is 290 g/mol. The predicted molar refractivity (Wildman–Crippen MR) is 78.3 cm³/mol.